The van der Waals surface area contributed by atoms with Crippen LogP contribution in [0.15, 0.2) is 36.4 Å². The van der Waals surface area contributed by atoms with Crippen LogP contribution in [0, 0.1) is 11.7 Å². The fourth-order valence-corrected chi connectivity index (χ4v) is 4.06. The molecule has 0 aromatic heterocycles. The van der Waals surface area contributed by atoms with Gasteiger partial charge in [-0.15, -0.1) is 0 Å². The lowest BCUT2D eigenvalue weighted by molar-refractivity contribution is -0.143. The average Bonchev–Trinajstić information content (AvgIpc) is 3.05. The summed E-state index contributed by atoms with van der Waals surface area (Å²) in [5.74, 6) is -0.777. The third-order valence-electron chi connectivity index (χ3n) is 5.43. The fourth-order valence-electron chi connectivity index (χ4n) is 3.90. The number of carbonyl (C=O) groups is 1. The van der Waals surface area contributed by atoms with Crippen LogP contribution in [0.25, 0.3) is 0 Å². The van der Waals surface area contributed by atoms with Gasteiger partial charge in [-0.2, -0.15) is 0 Å². The quantitative estimate of drug-likeness (QED) is 0.640. The molecule has 3 atom stereocenters. The van der Waals surface area contributed by atoms with E-state index in [1.54, 1.807) is 25.1 Å². The Balaban J connectivity index is 1.53. The van der Waals surface area contributed by atoms with Gasteiger partial charge < -0.3 is 18.9 Å². The standard InChI is InChI=1S/C22H22ClFO5/c1-22(16-8-7-14(23)11-17(16)24)28-19-5-3-4-15(21(19)29-22)18-9-6-13(12-27-18)10-20(25)26-2/h3-5,7-8,11,13,18H,6,9-10,12H2,1-2H3. The maximum atomic E-state index is 14.5. The number of esters is 1. The number of fused-ring (bicyclic) bond motifs is 1. The summed E-state index contributed by atoms with van der Waals surface area (Å²) in [5.41, 5.74) is 1.13. The van der Waals surface area contributed by atoms with E-state index in [0.29, 0.717) is 29.5 Å². The number of para-hydroxylation sites is 1. The number of rotatable bonds is 4. The van der Waals surface area contributed by atoms with Crippen molar-refractivity contribution in [1.82, 2.24) is 0 Å². The number of methoxy groups -OCH3 is 1. The molecular weight excluding hydrogens is 399 g/mol. The summed E-state index contributed by atoms with van der Waals surface area (Å²) in [7, 11) is 1.39. The second kappa shape index (κ2) is 7.84. The molecule has 2 aliphatic heterocycles. The van der Waals surface area contributed by atoms with Crippen molar-refractivity contribution in [2.75, 3.05) is 13.7 Å². The van der Waals surface area contributed by atoms with E-state index < -0.39 is 11.6 Å². The maximum Gasteiger partial charge on any atom is 0.305 e. The molecule has 0 bridgehead atoms. The van der Waals surface area contributed by atoms with Crippen LogP contribution in [0.5, 0.6) is 11.5 Å². The van der Waals surface area contributed by atoms with E-state index in [1.807, 2.05) is 12.1 Å². The Bertz CT molecular complexity index is 925. The Hall–Kier alpha value is -2.31. The topological polar surface area (TPSA) is 54.0 Å². The van der Waals surface area contributed by atoms with Crippen LogP contribution in [0.3, 0.4) is 0 Å². The van der Waals surface area contributed by atoms with E-state index in [2.05, 4.69) is 0 Å². The lowest BCUT2D eigenvalue weighted by Gasteiger charge is -2.29. The van der Waals surface area contributed by atoms with Crippen LogP contribution in [0.4, 0.5) is 4.39 Å². The molecule has 2 aromatic rings. The van der Waals surface area contributed by atoms with Crippen molar-refractivity contribution in [3.63, 3.8) is 0 Å². The maximum absolute atomic E-state index is 14.5. The molecule has 1 fully saturated rings. The lowest BCUT2D eigenvalue weighted by atomic mass is 9.92. The van der Waals surface area contributed by atoms with E-state index in [-0.39, 0.29) is 23.6 Å². The number of carbonyl (C=O) groups excluding carboxylic acids is 1. The van der Waals surface area contributed by atoms with Crippen molar-refractivity contribution in [3.05, 3.63) is 58.4 Å². The highest BCUT2D eigenvalue weighted by Crippen LogP contribution is 2.50. The van der Waals surface area contributed by atoms with Gasteiger partial charge in [-0.3, -0.25) is 4.79 Å². The molecule has 0 spiro atoms. The first-order chi connectivity index (χ1) is 13.9. The molecule has 154 valence electrons. The second-order valence-electron chi connectivity index (χ2n) is 7.49. The van der Waals surface area contributed by atoms with Gasteiger partial charge in [0.15, 0.2) is 11.5 Å². The first-order valence-corrected chi connectivity index (χ1v) is 9.92. The summed E-state index contributed by atoms with van der Waals surface area (Å²) < 4.78 is 37.4. The smallest absolute Gasteiger partial charge is 0.305 e. The molecule has 0 amide bonds. The van der Waals surface area contributed by atoms with Crippen LogP contribution in [-0.2, 0) is 20.1 Å². The third kappa shape index (κ3) is 3.91. The van der Waals surface area contributed by atoms with Crippen molar-refractivity contribution in [2.45, 2.75) is 38.1 Å². The minimum absolute atomic E-state index is 0.140. The summed E-state index contributed by atoms with van der Waals surface area (Å²) in [6.45, 7) is 2.14. The Kier molecular flexibility index (Phi) is 5.40. The van der Waals surface area contributed by atoms with Crippen molar-refractivity contribution in [3.8, 4) is 11.5 Å². The van der Waals surface area contributed by atoms with Crippen LogP contribution in [0.1, 0.15) is 43.4 Å². The second-order valence-corrected chi connectivity index (χ2v) is 7.93. The zero-order valence-electron chi connectivity index (χ0n) is 16.2. The molecule has 7 heteroatoms. The first kappa shape index (κ1) is 20.0. The Morgan fingerprint density at radius 2 is 2.10 bits per heavy atom. The van der Waals surface area contributed by atoms with Gasteiger partial charge in [0.25, 0.3) is 5.79 Å². The molecule has 29 heavy (non-hydrogen) atoms. The van der Waals surface area contributed by atoms with Gasteiger partial charge in [0.1, 0.15) is 5.82 Å². The van der Waals surface area contributed by atoms with Crippen LogP contribution >= 0.6 is 11.6 Å². The Labute approximate surface area is 173 Å². The molecule has 2 aromatic carbocycles. The van der Waals surface area contributed by atoms with E-state index in [0.717, 1.165) is 18.4 Å². The lowest BCUT2D eigenvalue weighted by Crippen LogP contribution is -2.32. The van der Waals surface area contributed by atoms with Crippen LogP contribution in [-0.4, -0.2) is 19.7 Å². The number of halogens is 2. The van der Waals surface area contributed by atoms with Crippen LogP contribution < -0.4 is 9.47 Å². The normalized spacial score (nSPS) is 25.7. The molecule has 3 unspecified atom stereocenters. The van der Waals surface area contributed by atoms with Crippen molar-refractivity contribution in [2.24, 2.45) is 5.92 Å². The highest BCUT2D eigenvalue weighted by molar-refractivity contribution is 6.30. The summed E-state index contributed by atoms with van der Waals surface area (Å²) in [6, 6.07) is 10.00. The summed E-state index contributed by atoms with van der Waals surface area (Å²) in [6.07, 6.45) is 1.75. The first-order valence-electron chi connectivity index (χ1n) is 9.54. The molecule has 0 saturated carbocycles. The van der Waals surface area contributed by atoms with E-state index >= 15 is 0 Å². The molecule has 2 heterocycles. The van der Waals surface area contributed by atoms with E-state index in [4.69, 9.17) is 30.5 Å². The predicted octanol–water partition coefficient (Wildman–Crippen LogP) is 5.15. The van der Waals surface area contributed by atoms with E-state index in [9.17, 15) is 9.18 Å². The minimum Gasteiger partial charge on any atom is -0.469 e. The fraction of sp³-hybridized carbons (Fsp3) is 0.409. The minimum atomic E-state index is -1.30. The van der Waals surface area contributed by atoms with Gasteiger partial charge >= 0.3 is 5.97 Å². The van der Waals surface area contributed by atoms with Crippen molar-refractivity contribution in [1.29, 1.82) is 0 Å². The largest absolute Gasteiger partial charge is 0.469 e. The highest BCUT2D eigenvalue weighted by atomic mass is 35.5. The molecule has 1 saturated heterocycles. The zero-order chi connectivity index (χ0) is 20.6. The third-order valence-corrected chi connectivity index (χ3v) is 5.67. The van der Waals surface area contributed by atoms with E-state index in [1.165, 1.54) is 13.2 Å². The zero-order valence-corrected chi connectivity index (χ0v) is 17.0. The molecule has 4 rings (SSSR count). The van der Waals surface area contributed by atoms with Gasteiger partial charge in [-0.1, -0.05) is 23.7 Å². The SMILES string of the molecule is COC(=O)CC1CCC(c2cccc3c2OC(C)(c2ccc(Cl)cc2F)O3)OC1. The van der Waals surface area contributed by atoms with Gasteiger partial charge in [-0.05, 0) is 43.0 Å². The summed E-state index contributed by atoms with van der Waals surface area (Å²) in [5, 5.41) is 0.308. The summed E-state index contributed by atoms with van der Waals surface area (Å²) in [4.78, 5) is 11.5. The van der Waals surface area contributed by atoms with Gasteiger partial charge in [-0.25, -0.2) is 4.39 Å². The molecule has 0 N–H and O–H groups in total. The van der Waals surface area contributed by atoms with Crippen molar-refractivity contribution >= 4 is 17.6 Å². The molecule has 0 radical (unpaired) electrons. The monoisotopic (exact) mass is 420 g/mol. The Morgan fingerprint density at radius 1 is 1.28 bits per heavy atom. The van der Waals surface area contributed by atoms with Gasteiger partial charge in [0, 0.05) is 17.5 Å². The molecule has 2 aliphatic rings. The van der Waals surface area contributed by atoms with Crippen LogP contribution in [0.2, 0.25) is 5.02 Å². The number of hydrogen-bond acceptors (Lipinski definition) is 5. The number of benzene rings is 2. The number of ether oxygens (including phenoxy) is 4. The highest BCUT2D eigenvalue weighted by Gasteiger charge is 2.43. The molecule has 5 nitrogen and oxygen atoms in total. The predicted molar refractivity (Wildman–Crippen MR) is 105 cm³/mol. The molecule has 0 aliphatic carbocycles. The average molecular weight is 421 g/mol. The molecular formula is C22H22ClFO5. The van der Waals surface area contributed by atoms with Crippen molar-refractivity contribution < 1.29 is 28.1 Å². The van der Waals surface area contributed by atoms with Gasteiger partial charge in [0.05, 0.1) is 31.8 Å². The summed E-state index contributed by atoms with van der Waals surface area (Å²) >= 11 is 5.87. The Morgan fingerprint density at radius 3 is 2.79 bits per heavy atom. The van der Waals surface area contributed by atoms with Gasteiger partial charge in [0.2, 0.25) is 0 Å². The number of hydrogen-bond donors (Lipinski definition) is 0.